The molecular weight excluding hydrogens is 1050 g/mol. The molecule has 0 saturated carbocycles. The van der Waals surface area contributed by atoms with Gasteiger partial charge in [0.1, 0.15) is 22.8 Å². The highest BCUT2D eigenvalue weighted by atomic mass is 32.1. The van der Waals surface area contributed by atoms with Gasteiger partial charge < -0.3 is 46.0 Å². The van der Waals surface area contributed by atoms with Crippen molar-refractivity contribution < 1.29 is 46.9 Å². The van der Waals surface area contributed by atoms with E-state index in [0.29, 0.717) is 58.2 Å². The molecule has 4 aliphatic heterocycles. The number of nitrogens with zero attached hydrogens (tertiary/aromatic N) is 7. The summed E-state index contributed by atoms with van der Waals surface area (Å²) in [6, 6.07) is 17.6. The number of thiazole rings is 1. The molecule has 80 heavy (non-hydrogen) atoms. The number of carbonyl (C=O) groups excluding carboxylic acids is 3. The number of methoxy groups -OCH3 is 1. The summed E-state index contributed by atoms with van der Waals surface area (Å²) >= 11 is 1.64. The number of hydrogen-bond donors (Lipinski definition) is 5. The number of likely N-dealkylation sites (tertiary alicyclic amines) is 2. The number of nitrogens with one attached hydrogen (secondary N) is 2. The van der Waals surface area contributed by atoms with Crippen LogP contribution in [0, 0.1) is 30.5 Å². The second kappa shape index (κ2) is 31.1. The minimum absolute atomic E-state index is 0.00443. The molecule has 4 atom stereocenters. The third-order valence-electron chi connectivity index (χ3n) is 13.7. The first kappa shape index (κ1) is 63.8. The van der Waals surface area contributed by atoms with Crippen molar-refractivity contribution in [3.05, 3.63) is 88.9 Å². The molecule has 0 radical (unpaired) electrons. The number of fused-ring (bicyclic) bond motifs is 4. The van der Waals surface area contributed by atoms with E-state index in [1.807, 2.05) is 37.6 Å². The van der Waals surface area contributed by atoms with Gasteiger partial charge >= 0.3 is 12.7 Å². The van der Waals surface area contributed by atoms with Crippen LogP contribution in [0.3, 0.4) is 0 Å². The second-order valence-corrected chi connectivity index (χ2v) is 21.9. The maximum atomic E-state index is 16.1. The fraction of sp³-hybridized carbons (Fsp3) is 0.475. The van der Waals surface area contributed by atoms with Gasteiger partial charge in [-0.25, -0.2) is 9.37 Å². The molecule has 3 amide bonds. The number of amides is 3. The first-order valence-electron chi connectivity index (χ1n) is 26.8. The number of aryl methyl sites for hydroxylation is 1. The maximum absolute atomic E-state index is 16.1. The molecule has 16 nitrogen and oxygen atoms in total. The Morgan fingerprint density at radius 1 is 1.01 bits per heavy atom. The van der Waals surface area contributed by atoms with E-state index in [1.54, 1.807) is 40.6 Å². The predicted octanol–water partition coefficient (Wildman–Crippen LogP) is 9.72. The number of aliphatic hydroxyl groups is 1. The van der Waals surface area contributed by atoms with Crippen molar-refractivity contribution in [2.45, 2.75) is 124 Å². The van der Waals surface area contributed by atoms with Crippen LogP contribution in [0.2, 0.25) is 0 Å². The van der Waals surface area contributed by atoms with Gasteiger partial charge in [-0.15, -0.1) is 17.8 Å². The van der Waals surface area contributed by atoms with Gasteiger partial charge in [-0.1, -0.05) is 82.9 Å². The minimum Gasteiger partial charge on any atom is -0.508 e. The van der Waals surface area contributed by atoms with Crippen LogP contribution < -0.4 is 26.0 Å². The molecule has 21 heteroatoms. The smallest absolute Gasteiger partial charge is 0.379 e. The third-order valence-corrected chi connectivity index (χ3v) is 14.7. The number of anilines is 1. The van der Waals surface area contributed by atoms with E-state index in [1.165, 1.54) is 68.9 Å². The summed E-state index contributed by atoms with van der Waals surface area (Å²) in [6.45, 7) is 15.6. The molecule has 432 valence electrons. The fourth-order valence-corrected chi connectivity index (χ4v) is 10.5. The first-order valence-corrected chi connectivity index (χ1v) is 27.7. The number of aliphatic hydroxyl groups excluding tert-OH is 1. The van der Waals surface area contributed by atoms with E-state index in [-0.39, 0.29) is 52.8 Å². The van der Waals surface area contributed by atoms with Crippen LogP contribution >= 0.6 is 11.3 Å². The number of piperazine rings is 1. The normalized spacial score (nSPS) is 17.5. The van der Waals surface area contributed by atoms with Crippen LogP contribution in [0.5, 0.6) is 11.8 Å². The topological polar surface area (TPSA) is 212 Å². The van der Waals surface area contributed by atoms with E-state index in [2.05, 4.69) is 91.9 Å². The number of terminal acetylenes is 1. The molecular formula is C59H76F4N10O6S. The summed E-state index contributed by atoms with van der Waals surface area (Å²) in [5.74, 6) is 2.82. The second-order valence-electron chi connectivity index (χ2n) is 21.0. The number of halogens is 4. The molecule has 0 aliphatic carbocycles. The van der Waals surface area contributed by atoms with E-state index in [0.717, 1.165) is 56.6 Å². The van der Waals surface area contributed by atoms with Gasteiger partial charge in [-0.05, 0) is 106 Å². The van der Waals surface area contributed by atoms with Gasteiger partial charge in [0.15, 0.2) is 5.82 Å². The summed E-state index contributed by atoms with van der Waals surface area (Å²) in [6.07, 6.45) is 17.1. The molecule has 2 bridgehead atoms. The molecule has 0 spiro atoms. The van der Waals surface area contributed by atoms with Crippen molar-refractivity contribution in [2.24, 2.45) is 11.1 Å². The number of phenols is 1. The van der Waals surface area contributed by atoms with Crippen LogP contribution in [0.4, 0.5) is 23.4 Å². The summed E-state index contributed by atoms with van der Waals surface area (Å²) in [5.41, 5.74) is 10.6. The molecule has 7 heterocycles. The van der Waals surface area contributed by atoms with Gasteiger partial charge in [0.2, 0.25) is 18.7 Å². The summed E-state index contributed by atoms with van der Waals surface area (Å²) in [5, 5.41) is 27.8. The zero-order valence-corrected chi connectivity index (χ0v) is 47.5. The molecule has 4 saturated heterocycles. The number of β-amino-alcohol motifs (C(OH)–C–C–N with tert-alkyl or cyclic N) is 1. The zero-order chi connectivity index (χ0) is 58.5. The molecule has 4 aliphatic rings. The number of aromatic hydroxyl groups is 1. The van der Waals surface area contributed by atoms with Crippen LogP contribution in [-0.4, -0.2) is 136 Å². The van der Waals surface area contributed by atoms with Gasteiger partial charge in [-0.3, -0.25) is 19.4 Å². The lowest BCUT2D eigenvalue weighted by molar-refractivity contribution is -0.132. The largest absolute Gasteiger partial charge is 0.508 e. The van der Waals surface area contributed by atoms with Crippen molar-refractivity contribution in [2.75, 3.05) is 57.8 Å². The number of aromatic nitrogens is 4. The lowest BCUT2D eigenvalue weighted by atomic mass is 9.92. The lowest BCUT2D eigenvalue weighted by Gasteiger charge is -2.34. The van der Waals surface area contributed by atoms with E-state index < -0.39 is 12.5 Å². The van der Waals surface area contributed by atoms with Gasteiger partial charge in [-0.2, -0.15) is 23.1 Å². The van der Waals surface area contributed by atoms with Crippen molar-refractivity contribution in [3.8, 4) is 45.8 Å². The quantitative estimate of drug-likeness (QED) is 0.0335. The highest BCUT2D eigenvalue weighted by molar-refractivity contribution is 7.13. The van der Waals surface area contributed by atoms with Crippen LogP contribution in [0.25, 0.3) is 43.4 Å². The monoisotopic (exact) mass is 1130 g/mol. The van der Waals surface area contributed by atoms with Crippen LogP contribution in [0.15, 0.2) is 66.3 Å². The Bertz CT molecular complexity index is 2970. The Hall–Kier alpha value is -6.99. The molecule has 3 aromatic heterocycles. The molecule has 3 unspecified atom stereocenters. The maximum Gasteiger partial charge on any atom is 0.379 e. The van der Waals surface area contributed by atoms with Crippen molar-refractivity contribution in [3.63, 3.8) is 0 Å². The number of unbranched alkanes of at least 4 members (excludes halogenated alkanes) is 2. The number of alkyl halides is 3. The number of phenolic OH excluding ortho intramolecular Hbond substituents is 1. The number of carbonyl (C=O) groups is 3. The molecule has 4 fully saturated rings. The predicted molar refractivity (Wildman–Crippen MR) is 308 cm³/mol. The van der Waals surface area contributed by atoms with Crippen LogP contribution in [0.1, 0.15) is 109 Å². The number of ether oxygens (including phenoxy) is 1. The Morgan fingerprint density at radius 2 is 1.69 bits per heavy atom. The van der Waals surface area contributed by atoms with E-state index in [4.69, 9.17) is 16.0 Å². The van der Waals surface area contributed by atoms with E-state index >= 15 is 4.39 Å². The van der Waals surface area contributed by atoms with Crippen molar-refractivity contribution >= 4 is 57.6 Å². The standard InChI is InChI=1S/C26H22FN5O2.C13H14N2OS.C10H19NO2.C8H17N.CHF3.CH3NO/c1-3-14-5-4-6-15-9-18(33)10-19(21(14)15)23-22(27)24-20(11-28-23)25(31-26(30-24)34-2)32-12-16-7-8-17(13-32)29-16;1-9(14-7-16)11-3-5-12(6-4-11)13-10(2)15-8-17-13;1-10(2,3)6-9(13)11-5-4-8(12)7-11;1-2-3-4-6-9-7-5-8-9;2-1(3)4;2-1-3/h1,4-6,9-11,16-17,29,33H,7-8,12-13H2,2H3;3-9H,1-2H3,(H,14,16);8,12H,4-7H2,1-3H3;2-8H2,1H3;1H;1H,(H2,2,3)/t;9-;;;;/m.0..../s1. The minimum atomic E-state index is -3.67. The highest BCUT2D eigenvalue weighted by Crippen LogP contribution is 2.39. The Morgan fingerprint density at radius 3 is 2.23 bits per heavy atom. The Balaban J connectivity index is 0.000000213. The average Bonchev–Trinajstić information content (AvgIpc) is 4.27. The summed E-state index contributed by atoms with van der Waals surface area (Å²) in [7, 11) is 1.47. The molecule has 6 N–H and O–H groups in total. The Kier molecular flexibility index (Phi) is 24.8. The van der Waals surface area contributed by atoms with Gasteiger partial charge in [0, 0.05) is 67.4 Å². The Labute approximate surface area is 470 Å². The van der Waals surface area contributed by atoms with Gasteiger partial charge in [0.25, 0.3) is 0 Å². The number of rotatable bonds is 12. The number of nitrogens with two attached hydrogens (primary N) is 1. The van der Waals surface area contributed by atoms with E-state index in [9.17, 15) is 33.0 Å². The lowest BCUT2D eigenvalue weighted by Crippen LogP contribution is -2.51. The average molecular weight is 1130 g/mol. The van der Waals surface area contributed by atoms with Crippen LogP contribution in [-0.2, 0) is 14.4 Å². The van der Waals surface area contributed by atoms with Crippen molar-refractivity contribution in [1.82, 2.24) is 40.4 Å². The number of primary amides is 1. The molecule has 3 aromatic carbocycles. The summed E-state index contributed by atoms with van der Waals surface area (Å²) in [4.78, 5) is 55.9. The number of pyridine rings is 1. The third kappa shape index (κ3) is 18.5. The highest BCUT2D eigenvalue weighted by Gasteiger charge is 2.34. The number of hydrogen-bond acceptors (Lipinski definition) is 14. The summed E-state index contributed by atoms with van der Waals surface area (Å²) < 4.78 is 50.4. The first-order chi connectivity index (χ1) is 38.2. The SMILES string of the molecule is C#Cc1cccc2cc(O)cc(-c3ncc4c(N5CC6CCC(C5)N6)nc(OC)nc4c3F)c12.CC(C)(C)CC(=O)N1CCC(O)C1.CCCCCN1CCC1.Cc1ncsc1-c1ccc([C@H](C)NC=O)cc1.FC(F)F.NC=O. The molecule has 6 aromatic rings. The fourth-order valence-electron chi connectivity index (χ4n) is 9.66. The van der Waals surface area contributed by atoms with Crippen molar-refractivity contribution in [1.29, 1.82) is 0 Å². The zero-order valence-electron chi connectivity index (χ0n) is 46.7. The molecule has 10 rings (SSSR count). The van der Waals surface area contributed by atoms with Gasteiger partial charge in [0.05, 0.1) is 40.7 Å². The number of benzene rings is 3.